The summed E-state index contributed by atoms with van der Waals surface area (Å²) in [5.74, 6) is -0.406. The molecule has 0 bridgehead atoms. The molecule has 0 saturated carbocycles. The van der Waals surface area contributed by atoms with Crippen LogP contribution in [0, 0.1) is 0 Å². The highest BCUT2D eigenvalue weighted by Crippen LogP contribution is 2.22. The van der Waals surface area contributed by atoms with Gasteiger partial charge in [-0.15, -0.1) is 0 Å². The van der Waals surface area contributed by atoms with Crippen LogP contribution in [0.3, 0.4) is 0 Å². The molecule has 0 N–H and O–H groups in total. The summed E-state index contributed by atoms with van der Waals surface area (Å²) in [7, 11) is 0. The average molecular weight is 281 g/mol. The summed E-state index contributed by atoms with van der Waals surface area (Å²) in [6.07, 6.45) is 1.68. The molecule has 0 aliphatic rings. The zero-order valence-electron chi connectivity index (χ0n) is 11.7. The number of carbonyl (C=O) groups is 1. The normalized spacial score (nSPS) is 11.0. The zero-order chi connectivity index (χ0) is 15.1. The maximum Gasteiger partial charge on any atom is 0.310 e. The second-order valence-corrected chi connectivity index (χ2v) is 4.38. The third-order valence-corrected chi connectivity index (χ3v) is 2.95. The highest BCUT2D eigenvalue weighted by atomic mass is 16.5. The molecule has 0 heterocycles. The molecular weight excluding hydrogens is 266 g/mol. The second kappa shape index (κ2) is 7.12. The summed E-state index contributed by atoms with van der Waals surface area (Å²) in [5.41, 5.74) is 9.88. The van der Waals surface area contributed by atoms with E-state index in [4.69, 9.17) is 10.3 Å². The Bertz CT molecular complexity index is 726. The number of carbonyl (C=O) groups excluding carboxylic acids is 1. The fourth-order valence-electron chi connectivity index (χ4n) is 2.09. The summed E-state index contributed by atoms with van der Waals surface area (Å²) < 4.78 is 4.88. The molecule has 0 spiro atoms. The van der Waals surface area contributed by atoms with Gasteiger partial charge in [0, 0.05) is 10.6 Å². The zero-order valence-corrected chi connectivity index (χ0v) is 11.7. The van der Waals surface area contributed by atoms with Crippen molar-refractivity contribution in [2.45, 2.75) is 13.3 Å². The molecule has 0 saturated heterocycles. The maximum absolute atomic E-state index is 11.5. The van der Waals surface area contributed by atoms with Crippen molar-refractivity contribution >= 4 is 22.8 Å². The van der Waals surface area contributed by atoms with Crippen LogP contribution in [-0.4, -0.2) is 12.6 Å². The molecule has 2 rings (SSSR count). The first-order valence-corrected chi connectivity index (χ1v) is 6.63. The summed E-state index contributed by atoms with van der Waals surface area (Å²) in [6.45, 7) is 2.04. The van der Waals surface area contributed by atoms with Crippen LogP contribution < -0.4 is 0 Å². The molecule has 106 valence electrons. The van der Waals surface area contributed by atoms with Gasteiger partial charge >= 0.3 is 5.97 Å². The van der Waals surface area contributed by atoms with E-state index in [0.717, 1.165) is 16.3 Å². The van der Waals surface area contributed by atoms with Gasteiger partial charge in [0.25, 0.3) is 0 Å². The van der Waals surface area contributed by atoms with Crippen molar-refractivity contribution in [3.8, 4) is 0 Å². The van der Waals surface area contributed by atoms with E-state index in [0.29, 0.717) is 12.3 Å². The van der Waals surface area contributed by atoms with Crippen molar-refractivity contribution in [1.82, 2.24) is 0 Å². The molecule has 0 atom stereocenters. The van der Waals surface area contributed by atoms with Crippen LogP contribution >= 0.6 is 0 Å². The average Bonchev–Trinajstić information content (AvgIpc) is 2.48. The van der Waals surface area contributed by atoms with Crippen molar-refractivity contribution in [1.29, 1.82) is 0 Å². The Labute approximate surface area is 122 Å². The maximum atomic E-state index is 11.5. The number of nitrogens with zero attached hydrogens (tertiary/aromatic N) is 3. The third kappa shape index (κ3) is 3.84. The van der Waals surface area contributed by atoms with Crippen molar-refractivity contribution in [3.05, 3.63) is 64.2 Å². The molecule has 0 amide bonds. The highest BCUT2D eigenvalue weighted by Gasteiger charge is 2.06. The van der Waals surface area contributed by atoms with Gasteiger partial charge < -0.3 is 4.74 Å². The highest BCUT2D eigenvalue weighted by molar-refractivity contribution is 5.91. The lowest BCUT2D eigenvalue weighted by Gasteiger charge is -2.05. The lowest BCUT2D eigenvalue weighted by molar-refractivity contribution is -0.142. The lowest BCUT2D eigenvalue weighted by Crippen LogP contribution is -2.04. The van der Waals surface area contributed by atoms with Gasteiger partial charge in [-0.2, -0.15) is 0 Å². The van der Waals surface area contributed by atoms with Gasteiger partial charge in [-0.1, -0.05) is 47.6 Å². The molecule has 0 aliphatic carbocycles. The van der Waals surface area contributed by atoms with Crippen molar-refractivity contribution in [2.24, 2.45) is 5.11 Å². The predicted molar refractivity (Wildman–Crippen MR) is 82.3 cm³/mol. The predicted octanol–water partition coefficient (Wildman–Crippen LogP) is 4.44. The molecule has 5 nitrogen and oxygen atoms in total. The monoisotopic (exact) mass is 281 g/mol. The van der Waals surface area contributed by atoms with E-state index in [2.05, 4.69) is 10.0 Å². The number of ether oxygens (including phenoxy) is 1. The molecule has 21 heavy (non-hydrogen) atoms. The summed E-state index contributed by atoms with van der Waals surface area (Å²) >= 11 is 0. The Morgan fingerprint density at radius 2 is 2.05 bits per heavy atom. The number of esters is 1. The molecule has 0 aromatic heterocycles. The van der Waals surface area contributed by atoms with Crippen LogP contribution in [0.25, 0.3) is 27.3 Å². The van der Waals surface area contributed by atoms with Crippen LogP contribution in [0.4, 0.5) is 0 Å². The third-order valence-electron chi connectivity index (χ3n) is 2.95. The molecule has 2 aromatic carbocycles. The van der Waals surface area contributed by atoms with Gasteiger partial charge in [0.2, 0.25) is 0 Å². The Hall–Kier alpha value is -2.78. The smallest absolute Gasteiger partial charge is 0.310 e. The van der Waals surface area contributed by atoms with Gasteiger partial charge in [0.1, 0.15) is 0 Å². The standard InChI is InChI=1S/C16H15N3O2/c1-2-21-16(20)11-14(18-19-17)10-13-8-5-7-12-6-3-4-9-15(12)13/h3-10H,2,11H2,1H3/b14-10+. The molecule has 5 heteroatoms. The van der Waals surface area contributed by atoms with Crippen molar-refractivity contribution in [3.63, 3.8) is 0 Å². The molecule has 2 aromatic rings. The van der Waals surface area contributed by atoms with Gasteiger partial charge in [-0.3, -0.25) is 4.79 Å². The van der Waals surface area contributed by atoms with E-state index in [9.17, 15) is 4.79 Å². The Morgan fingerprint density at radius 1 is 1.29 bits per heavy atom. The van der Waals surface area contributed by atoms with Crippen LogP contribution in [0.1, 0.15) is 18.9 Å². The SMILES string of the molecule is CCOC(=O)C/C(=C\c1cccc2ccccc12)N=[N+]=[N-]. The fraction of sp³-hybridized carbons (Fsp3) is 0.188. The summed E-state index contributed by atoms with van der Waals surface area (Å²) in [4.78, 5) is 14.3. The number of fused-ring (bicyclic) bond motifs is 1. The molecular formula is C16H15N3O2. The van der Waals surface area contributed by atoms with Crippen LogP contribution in [0.5, 0.6) is 0 Å². The van der Waals surface area contributed by atoms with Gasteiger partial charge in [0.05, 0.1) is 13.0 Å². The van der Waals surface area contributed by atoms with E-state index < -0.39 is 5.97 Å². The number of benzene rings is 2. The molecule has 0 aliphatic heterocycles. The molecule has 0 unspecified atom stereocenters. The Balaban J connectivity index is 2.40. The first-order chi connectivity index (χ1) is 10.2. The summed E-state index contributed by atoms with van der Waals surface area (Å²) in [6, 6.07) is 13.7. The second-order valence-electron chi connectivity index (χ2n) is 4.38. The van der Waals surface area contributed by atoms with E-state index >= 15 is 0 Å². The molecule has 0 radical (unpaired) electrons. The number of azide groups is 1. The van der Waals surface area contributed by atoms with Gasteiger partial charge in [0.15, 0.2) is 0 Å². The first kappa shape index (κ1) is 14.6. The number of hydrogen-bond donors (Lipinski definition) is 0. The minimum absolute atomic E-state index is 0.0406. The van der Waals surface area contributed by atoms with Crippen molar-refractivity contribution < 1.29 is 9.53 Å². The van der Waals surface area contributed by atoms with E-state index in [-0.39, 0.29) is 6.42 Å². The number of rotatable bonds is 5. The fourth-order valence-corrected chi connectivity index (χ4v) is 2.09. The Kier molecular flexibility index (Phi) is 4.96. The molecule has 0 fully saturated rings. The van der Waals surface area contributed by atoms with Crippen molar-refractivity contribution in [2.75, 3.05) is 6.61 Å². The number of hydrogen-bond acceptors (Lipinski definition) is 3. The minimum Gasteiger partial charge on any atom is -0.466 e. The van der Waals surface area contributed by atoms with Crippen LogP contribution in [0.15, 0.2) is 53.3 Å². The summed E-state index contributed by atoms with van der Waals surface area (Å²) in [5, 5.41) is 5.71. The quantitative estimate of drug-likeness (QED) is 0.351. The van der Waals surface area contributed by atoms with Crippen LogP contribution in [-0.2, 0) is 9.53 Å². The first-order valence-electron chi connectivity index (χ1n) is 6.63. The van der Waals surface area contributed by atoms with E-state index in [1.165, 1.54) is 0 Å². The lowest BCUT2D eigenvalue weighted by atomic mass is 10.0. The van der Waals surface area contributed by atoms with Gasteiger partial charge in [-0.25, -0.2) is 0 Å². The topological polar surface area (TPSA) is 75.1 Å². The Morgan fingerprint density at radius 3 is 2.81 bits per heavy atom. The van der Waals surface area contributed by atoms with E-state index in [1.807, 2.05) is 42.5 Å². The van der Waals surface area contributed by atoms with E-state index in [1.54, 1.807) is 13.0 Å². The van der Waals surface area contributed by atoms with Gasteiger partial charge in [-0.05, 0) is 34.9 Å². The minimum atomic E-state index is -0.406. The largest absolute Gasteiger partial charge is 0.466 e. The van der Waals surface area contributed by atoms with Crippen LogP contribution in [0.2, 0.25) is 0 Å².